The summed E-state index contributed by atoms with van der Waals surface area (Å²) < 4.78 is 34.7. The molecule has 3 rings (SSSR count). The van der Waals surface area contributed by atoms with Crippen LogP contribution in [0.15, 0.2) is 65.2 Å². The van der Waals surface area contributed by atoms with E-state index in [4.69, 9.17) is 5.73 Å². The zero-order valence-electron chi connectivity index (χ0n) is 16.4. The lowest BCUT2D eigenvalue weighted by molar-refractivity contribution is -0.671. The Balaban J connectivity index is 0.000000469. The first-order chi connectivity index (χ1) is 14.2. The number of benzene rings is 1. The zero-order chi connectivity index (χ0) is 22.1. The minimum absolute atomic E-state index is 0.0879. The van der Waals surface area contributed by atoms with Gasteiger partial charge in [-0.1, -0.05) is 18.2 Å². The second-order valence-electron chi connectivity index (χ2n) is 6.01. The van der Waals surface area contributed by atoms with Gasteiger partial charge >= 0.3 is 0 Å². The number of nitrogens with zero attached hydrogens (tertiary/aromatic N) is 5. The van der Waals surface area contributed by atoms with E-state index >= 15 is 0 Å². The maximum atomic E-state index is 9.31. The van der Waals surface area contributed by atoms with Gasteiger partial charge in [-0.2, -0.15) is 5.10 Å². The predicted molar refractivity (Wildman–Crippen MR) is 107 cm³/mol. The van der Waals surface area contributed by atoms with Crippen molar-refractivity contribution in [3.63, 3.8) is 0 Å². The van der Waals surface area contributed by atoms with Gasteiger partial charge in [0.1, 0.15) is 18.6 Å². The normalized spacial score (nSPS) is 11.3. The van der Waals surface area contributed by atoms with Crippen molar-refractivity contribution in [1.29, 1.82) is 0 Å². The Morgan fingerprint density at radius 1 is 1.20 bits per heavy atom. The Hall–Kier alpha value is -3.19. The average molecular weight is 434 g/mol. The number of aryl methyl sites for hydroxylation is 1. The largest absolute Gasteiger partial charge is 0.726 e. The Labute approximate surface area is 174 Å². The zero-order valence-corrected chi connectivity index (χ0v) is 17.2. The topological polar surface area (TPSA) is 159 Å². The number of aromatic nitrogens is 3. The molecule has 11 nitrogen and oxygen atoms in total. The van der Waals surface area contributed by atoms with Crippen molar-refractivity contribution in [2.75, 3.05) is 12.8 Å². The summed E-state index contributed by atoms with van der Waals surface area (Å²) >= 11 is 0. The molecule has 0 bridgehead atoms. The lowest BCUT2D eigenvalue weighted by atomic mass is 10.2. The standard InChI is InChI=1S/C17H19N6O.CH4O4S/c1-22-8-6-13(7-9-22)11-23-17(18)16(10-19-23)21-20-15-5-3-2-4-14(15)12-24;1-5-6(2,3)4/h2-10,24H,11-12,18H2,1H3;1H3,(H,2,3,4)/q+1;/p-1/b21-20+;. The molecular weight excluding hydrogens is 412 g/mol. The van der Waals surface area contributed by atoms with Gasteiger partial charge in [-0.3, -0.25) is 4.18 Å². The molecule has 0 atom stereocenters. The first-order valence-corrected chi connectivity index (χ1v) is 9.94. The quantitative estimate of drug-likeness (QED) is 0.256. The van der Waals surface area contributed by atoms with Crippen LogP contribution < -0.4 is 10.3 Å². The molecule has 2 heterocycles. The van der Waals surface area contributed by atoms with E-state index in [0.717, 1.165) is 12.7 Å². The molecule has 0 aliphatic heterocycles. The van der Waals surface area contributed by atoms with Crippen LogP contribution in [0.3, 0.4) is 0 Å². The van der Waals surface area contributed by atoms with Crippen molar-refractivity contribution >= 4 is 27.6 Å². The van der Waals surface area contributed by atoms with Gasteiger partial charge in [0.25, 0.3) is 0 Å². The molecule has 0 saturated heterocycles. The maximum Gasteiger partial charge on any atom is 0.217 e. The van der Waals surface area contributed by atoms with Crippen molar-refractivity contribution < 1.29 is 26.8 Å². The van der Waals surface area contributed by atoms with Crippen LogP contribution in [-0.4, -0.2) is 35.0 Å². The van der Waals surface area contributed by atoms with E-state index in [1.807, 2.05) is 48.3 Å². The number of aliphatic hydroxyl groups is 1. The van der Waals surface area contributed by atoms with Crippen molar-refractivity contribution in [2.24, 2.45) is 17.3 Å². The number of nitrogens with two attached hydrogens (primary N) is 1. The highest BCUT2D eigenvalue weighted by Gasteiger charge is 2.08. The molecular formula is C18H22N6O5S. The molecule has 1 aromatic carbocycles. The summed E-state index contributed by atoms with van der Waals surface area (Å²) in [5, 5.41) is 21.9. The van der Waals surface area contributed by atoms with E-state index < -0.39 is 10.4 Å². The van der Waals surface area contributed by atoms with Gasteiger partial charge in [-0.25, -0.2) is 17.7 Å². The second-order valence-corrected chi connectivity index (χ2v) is 7.16. The van der Waals surface area contributed by atoms with Crippen molar-refractivity contribution in [3.05, 3.63) is 66.1 Å². The number of aliphatic hydroxyl groups excluding tert-OH is 1. The molecule has 3 aromatic rings. The third kappa shape index (κ3) is 7.00. The molecule has 3 N–H and O–H groups in total. The van der Waals surface area contributed by atoms with E-state index in [-0.39, 0.29) is 6.61 Å². The van der Waals surface area contributed by atoms with E-state index in [0.29, 0.717) is 29.3 Å². The van der Waals surface area contributed by atoms with E-state index in [1.165, 1.54) is 0 Å². The number of hydrogen-bond donors (Lipinski definition) is 2. The highest BCUT2D eigenvalue weighted by atomic mass is 32.3. The molecule has 12 heteroatoms. The number of anilines is 1. The Kier molecular flexibility index (Phi) is 8.12. The van der Waals surface area contributed by atoms with Gasteiger partial charge in [0.15, 0.2) is 12.4 Å². The van der Waals surface area contributed by atoms with Crippen LogP contribution in [0.4, 0.5) is 17.2 Å². The molecule has 0 fully saturated rings. The average Bonchev–Trinajstić information content (AvgIpc) is 3.07. The molecule has 0 unspecified atom stereocenters. The van der Waals surface area contributed by atoms with E-state index in [9.17, 15) is 18.1 Å². The third-order valence-corrected chi connectivity index (χ3v) is 4.28. The van der Waals surface area contributed by atoms with Crippen LogP contribution in [0.2, 0.25) is 0 Å². The lowest BCUT2D eigenvalue weighted by Crippen LogP contribution is -2.26. The summed E-state index contributed by atoms with van der Waals surface area (Å²) in [6.07, 6.45) is 5.53. The lowest BCUT2D eigenvalue weighted by Gasteiger charge is -2.03. The number of nitrogen functional groups attached to an aromatic ring is 1. The monoisotopic (exact) mass is 434 g/mol. The number of hydrogen-bond acceptors (Lipinski definition) is 9. The second kappa shape index (κ2) is 10.5. The van der Waals surface area contributed by atoms with Gasteiger partial charge in [0.2, 0.25) is 10.4 Å². The highest BCUT2D eigenvalue weighted by Crippen LogP contribution is 2.26. The summed E-state index contributed by atoms with van der Waals surface area (Å²) in [4.78, 5) is 0. The van der Waals surface area contributed by atoms with E-state index in [2.05, 4.69) is 19.5 Å². The van der Waals surface area contributed by atoms with Crippen molar-refractivity contribution in [3.8, 4) is 0 Å². The van der Waals surface area contributed by atoms with Gasteiger partial charge < -0.3 is 15.4 Å². The molecule has 0 saturated carbocycles. The number of azo groups is 1. The van der Waals surface area contributed by atoms with Crippen LogP contribution in [-0.2, 0) is 34.8 Å². The minimum Gasteiger partial charge on any atom is -0.726 e. The molecule has 0 aliphatic rings. The van der Waals surface area contributed by atoms with Crippen LogP contribution in [0, 0.1) is 0 Å². The van der Waals surface area contributed by atoms with Gasteiger partial charge in [0, 0.05) is 17.7 Å². The Bertz CT molecular complexity index is 1100. The summed E-state index contributed by atoms with van der Waals surface area (Å²) in [5.74, 6) is 0.452. The van der Waals surface area contributed by atoms with Crippen LogP contribution >= 0.6 is 0 Å². The van der Waals surface area contributed by atoms with E-state index in [1.54, 1.807) is 23.0 Å². The molecule has 30 heavy (non-hydrogen) atoms. The Morgan fingerprint density at radius 3 is 2.40 bits per heavy atom. The molecule has 2 aromatic heterocycles. The number of pyridine rings is 1. The smallest absolute Gasteiger partial charge is 0.217 e. The van der Waals surface area contributed by atoms with Crippen molar-refractivity contribution in [2.45, 2.75) is 13.2 Å². The first-order valence-electron chi connectivity index (χ1n) is 8.61. The Morgan fingerprint density at radius 2 is 1.80 bits per heavy atom. The van der Waals surface area contributed by atoms with Crippen LogP contribution in [0.1, 0.15) is 11.1 Å². The van der Waals surface area contributed by atoms with Crippen LogP contribution in [0.25, 0.3) is 0 Å². The van der Waals surface area contributed by atoms with Gasteiger partial charge in [-0.15, -0.1) is 10.2 Å². The summed E-state index contributed by atoms with van der Waals surface area (Å²) in [5.41, 5.74) is 9.03. The molecule has 0 radical (unpaired) electrons. The maximum absolute atomic E-state index is 9.31. The molecule has 160 valence electrons. The minimum atomic E-state index is -4.41. The fourth-order valence-electron chi connectivity index (χ4n) is 2.25. The third-order valence-electron chi connectivity index (χ3n) is 3.87. The SMILES string of the molecule is COS(=O)(=O)[O-].C[n+]1ccc(Cn2ncc(/N=N/c3ccccc3CO)c2N)cc1. The summed E-state index contributed by atoms with van der Waals surface area (Å²) in [6, 6.07) is 11.3. The van der Waals surface area contributed by atoms with Crippen LogP contribution in [0.5, 0.6) is 0 Å². The molecule has 0 amide bonds. The first kappa shape index (κ1) is 23.1. The highest BCUT2D eigenvalue weighted by molar-refractivity contribution is 7.80. The fourth-order valence-corrected chi connectivity index (χ4v) is 2.25. The fraction of sp³-hybridized carbons (Fsp3) is 0.222. The van der Waals surface area contributed by atoms with Gasteiger partial charge in [0.05, 0.1) is 32.1 Å². The summed E-state index contributed by atoms with van der Waals surface area (Å²) in [6.45, 7) is 0.477. The predicted octanol–water partition coefficient (Wildman–Crippen LogP) is 1.34. The summed E-state index contributed by atoms with van der Waals surface area (Å²) in [7, 11) is -1.64. The van der Waals surface area contributed by atoms with Gasteiger partial charge in [-0.05, 0) is 11.6 Å². The van der Waals surface area contributed by atoms with Crippen molar-refractivity contribution in [1.82, 2.24) is 9.78 Å². The molecule has 0 aliphatic carbocycles. The molecule has 0 spiro atoms. The number of rotatable bonds is 6.